The number of carbonyl (C=O) groups is 1. The monoisotopic (exact) mass is 377 g/mol. The Balaban J connectivity index is 2.05. The van der Waals surface area contributed by atoms with Crippen molar-refractivity contribution >= 4 is 58.0 Å². The number of halogens is 4. The highest BCUT2D eigenvalue weighted by atomic mass is 35.5. The fourth-order valence-electron chi connectivity index (χ4n) is 1.64. The lowest BCUT2D eigenvalue weighted by molar-refractivity contribution is -0.122. The van der Waals surface area contributed by atoms with E-state index in [9.17, 15) is 4.79 Å². The van der Waals surface area contributed by atoms with Crippen LogP contribution in [0.15, 0.2) is 36.4 Å². The van der Waals surface area contributed by atoms with E-state index in [2.05, 4.69) is 5.32 Å². The number of amides is 1. The average Bonchev–Trinajstić information content (AvgIpc) is 2.44. The van der Waals surface area contributed by atoms with Crippen molar-refractivity contribution in [3.8, 4) is 5.75 Å². The van der Waals surface area contributed by atoms with Gasteiger partial charge in [0.15, 0.2) is 6.10 Å². The lowest BCUT2D eigenvalue weighted by Gasteiger charge is -2.16. The van der Waals surface area contributed by atoms with Crippen LogP contribution in [0.4, 0.5) is 5.69 Å². The molecule has 1 atom stereocenters. The van der Waals surface area contributed by atoms with Crippen LogP contribution in [0, 0.1) is 0 Å². The average molecular weight is 379 g/mol. The van der Waals surface area contributed by atoms with Crippen LogP contribution in [-0.4, -0.2) is 12.0 Å². The summed E-state index contributed by atoms with van der Waals surface area (Å²) in [6.45, 7) is 1.60. The number of hydrogen-bond acceptors (Lipinski definition) is 2. The Bertz CT molecular complexity index is 706. The SMILES string of the molecule is CC(Oc1ccc(Cl)cc1Cl)C(=O)Nc1ccc(Cl)cc1Cl. The molecule has 116 valence electrons. The van der Waals surface area contributed by atoms with Gasteiger partial charge in [0.1, 0.15) is 5.75 Å². The molecule has 22 heavy (non-hydrogen) atoms. The molecule has 3 nitrogen and oxygen atoms in total. The summed E-state index contributed by atoms with van der Waals surface area (Å²) in [5.41, 5.74) is 0.453. The molecule has 2 aromatic carbocycles. The van der Waals surface area contributed by atoms with Crippen molar-refractivity contribution in [2.45, 2.75) is 13.0 Å². The lowest BCUT2D eigenvalue weighted by Crippen LogP contribution is -2.30. The summed E-state index contributed by atoms with van der Waals surface area (Å²) < 4.78 is 5.53. The van der Waals surface area contributed by atoms with Gasteiger partial charge < -0.3 is 10.1 Å². The first-order valence-electron chi connectivity index (χ1n) is 6.24. The second-order valence-corrected chi connectivity index (χ2v) is 6.14. The molecule has 0 aliphatic carbocycles. The van der Waals surface area contributed by atoms with Crippen molar-refractivity contribution in [2.75, 3.05) is 5.32 Å². The molecular weight excluding hydrogens is 368 g/mol. The van der Waals surface area contributed by atoms with E-state index in [4.69, 9.17) is 51.1 Å². The van der Waals surface area contributed by atoms with Gasteiger partial charge in [-0.15, -0.1) is 0 Å². The molecule has 2 rings (SSSR count). The van der Waals surface area contributed by atoms with Crippen molar-refractivity contribution in [3.63, 3.8) is 0 Å². The highest BCUT2D eigenvalue weighted by Crippen LogP contribution is 2.29. The maximum absolute atomic E-state index is 12.1. The highest BCUT2D eigenvalue weighted by molar-refractivity contribution is 6.37. The Morgan fingerprint density at radius 3 is 2.18 bits per heavy atom. The molecule has 1 unspecified atom stereocenters. The third kappa shape index (κ3) is 4.43. The standard InChI is InChI=1S/C15H11Cl4NO2/c1-8(22-14-5-3-10(17)7-12(14)19)15(21)20-13-4-2-9(16)6-11(13)18/h2-8H,1H3,(H,20,21). The zero-order valence-corrected chi connectivity index (χ0v) is 14.4. The van der Waals surface area contributed by atoms with Gasteiger partial charge in [-0.05, 0) is 43.3 Å². The Labute approximate surface area is 148 Å². The van der Waals surface area contributed by atoms with Crippen molar-refractivity contribution in [2.24, 2.45) is 0 Å². The topological polar surface area (TPSA) is 38.3 Å². The molecule has 0 bridgehead atoms. The normalized spacial score (nSPS) is 11.9. The molecule has 0 aliphatic heterocycles. The number of hydrogen-bond donors (Lipinski definition) is 1. The molecule has 0 aliphatic rings. The second kappa shape index (κ2) is 7.42. The molecule has 0 aromatic heterocycles. The zero-order valence-electron chi connectivity index (χ0n) is 11.4. The Kier molecular flexibility index (Phi) is 5.81. The number of nitrogens with one attached hydrogen (secondary N) is 1. The van der Waals surface area contributed by atoms with E-state index in [0.717, 1.165) is 0 Å². The molecule has 0 saturated carbocycles. The van der Waals surface area contributed by atoms with Gasteiger partial charge in [0, 0.05) is 10.0 Å². The molecule has 2 aromatic rings. The van der Waals surface area contributed by atoms with Gasteiger partial charge in [-0.3, -0.25) is 4.79 Å². The number of anilines is 1. The second-order valence-electron chi connectivity index (χ2n) is 4.45. The largest absolute Gasteiger partial charge is 0.479 e. The maximum Gasteiger partial charge on any atom is 0.265 e. The van der Waals surface area contributed by atoms with Crippen molar-refractivity contribution < 1.29 is 9.53 Å². The van der Waals surface area contributed by atoms with Crippen LogP contribution in [0.2, 0.25) is 20.1 Å². The number of rotatable bonds is 4. The summed E-state index contributed by atoms with van der Waals surface area (Å²) in [5.74, 6) is 0.00570. The zero-order chi connectivity index (χ0) is 16.3. The van der Waals surface area contributed by atoms with Gasteiger partial charge in [0.2, 0.25) is 0 Å². The summed E-state index contributed by atoms with van der Waals surface area (Å²) in [5, 5.41) is 4.31. The van der Waals surface area contributed by atoms with Crippen molar-refractivity contribution in [3.05, 3.63) is 56.5 Å². The fraction of sp³-hybridized carbons (Fsp3) is 0.133. The van der Waals surface area contributed by atoms with E-state index < -0.39 is 6.10 Å². The maximum atomic E-state index is 12.1. The quantitative estimate of drug-likeness (QED) is 0.740. The van der Waals surface area contributed by atoms with E-state index in [1.807, 2.05) is 0 Å². The van der Waals surface area contributed by atoms with Crippen LogP contribution in [0.5, 0.6) is 5.75 Å². The third-order valence-electron chi connectivity index (χ3n) is 2.76. The van der Waals surface area contributed by atoms with Crippen LogP contribution in [0.25, 0.3) is 0 Å². The van der Waals surface area contributed by atoms with Crippen LogP contribution in [0.3, 0.4) is 0 Å². The minimum absolute atomic E-state index is 0.330. The highest BCUT2D eigenvalue weighted by Gasteiger charge is 2.17. The summed E-state index contributed by atoms with van der Waals surface area (Å²) in [6.07, 6.45) is -0.773. The molecule has 0 saturated heterocycles. The number of benzene rings is 2. The Morgan fingerprint density at radius 1 is 1.00 bits per heavy atom. The fourth-order valence-corrected chi connectivity index (χ4v) is 2.55. The summed E-state index contributed by atoms with van der Waals surface area (Å²) in [6, 6.07) is 9.56. The van der Waals surface area contributed by atoms with Gasteiger partial charge in [0.25, 0.3) is 5.91 Å². The number of ether oxygens (including phenoxy) is 1. The van der Waals surface area contributed by atoms with E-state index in [0.29, 0.717) is 31.5 Å². The first-order valence-corrected chi connectivity index (χ1v) is 7.75. The smallest absolute Gasteiger partial charge is 0.265 e. The van der Waals surface area contributed by atoms with Gasteiger partial charge in [0.05, 0.1) is 15.7 Å². The molecule has 0 spiro atoms. The molecule has 0 radical (unpaired) electrons. The predicted molar refractivity (Wildman–Crippen MR) is 91.6 cm³/mol. The molecule has 0 heterocycles. The van der Waals surface area contributed by atoms with Crippen LogP contribution < -0.4 is 10.1 Å². The van der Waals surface area contributed by atoms with Gasteiger partial charge in [-0.25, -0.2) is 0 Å². The molecule has 0 fully saturated rings. The third-order valence-corrected chi connectivity index (χ3v) is 3.83. The van der Waals surface area contributed by atoms with Crippen molar-refractivity contribution in [1.29, 1.82) is 0 Å². The van der Waals surface area contributed by atoms with Gasteiger partial charge in [-0.2, -0.15) is 0 Å². The Morgan fingerprint density at radius 2 is 1.59 bits per heavy atom. The summed E-state index contributed by atoms with van der Waals surface area (Å²) >= 11 is 23.6. The predicted octanol–water partition coefficient (Wildman–Crippen LogP) is 5.71. The Hall–Kier alpha value is -1.13. The number of carbonyl (C=O) groups excluding carboxylic acids is 1. The van der Waals surface area contributed by atoms with E-state index in [1.165, 1.54) is 0 Å². The first kappa shape index (κ1) is 17.2. The minimum Gasteiger partial charge on any atom is -0.479 e. The summed E-state index contributed by atoms with van der Waals surface area (Å²) in [7, 11) is 0. The van der Waals surface area contributed by atoms with E-state index in [1.54, 1.807) is 43.3 Å². The van der Waals surface area contributed by atoms with E-state index >= 15 is 0 Å². The van der Waals surface area contributed by atoms with Crippen LogP contribution in [0.1, 0.15) is 6.92 Å². The lowest BCUT2D eigenvalue weighted by atomic mass is 10.3. The molecule has 1 amide bonds. The van der Waals surface area contributed by atoms with E-state index in [-0.39, 0.29) is 5.91 Å². The van der Waals surface area contributed by atoms with Gasteiger partial charge >= 0.3 is 0 Å². The van der Waals surface area contributed by atoms with Gasteiger partial charge in [-0.1, -0.05) is 46.4 Å². The molecule has 1 N–H and O–H groups in total. The molecule has 7 heteroatoms. The first-order chi connectivity index (χ1) is 10.4. The van der Waals surface area contributed by atoms with Crippen LogP contribution >= 0.6 is 46.4 Å². The van der Waals surface area contributed by atoms with Crippen molar-refractivity contribution in [1.82, 2.24) is 0 Å². The molecular formula is C15H11Cl4NO2. The minimum atomic E-state index is -0.773. The van der Waals surface area contributed by atoms with Crippen LogP contribution in [-0.2, 0) is 4.79 Å². The summed E-state index contributed by atoms with van der Waals surface area (Å²) in [4.78, 5) is 12.1.